The third-order valence-corrected chi connectivity index (χ3v) is 11.8. The van der Waals surface area contributed by atoms with Gasteiger partial charge in [-0.15, -0.1) is 0 Å². The van der Waals surface area contributed by atoms with Gasteiger partial charge in [0, 0.05) is 38.6 Å². The molecule has 0 bridgehead atoms. The zero-order valence-electron chi connectivity index (χ0n) is 29.3. The highest BCUT2D eigenvalue weighted by Crippen LogP contribution is 2.51. The molecule has 53 heavy (non-hydrogen) atoms. The molecule has 250 valence electrons. The minimum absolute atomic E-state index is 0.0906. The summed E-state index contributed by atoms with van der Waals surface area (Å²) in [6, 6.07) is 59.5. The van der Waals surface area contributed by atoms with Crippen LogP contribution in [-0.4, -0.2) is 23.1 Å². The molecule has 0 fully saturated rings. The third-order valence-electron chi connectivity index (χ3n) is 11.8. The van der Waals surface area contributed by atoms with Gasteiger partial charge in [0.1, 0.15) is 5.52 Å². The average Bonchev–Trinajstić information content (AvgIpc) is 3.96. The van der Waals surface area contributed by atoms with Crippen LogP contribution < -0.4 is 0 Å². The van der Waals surface area contributed by atoms with E-state index in [1.54, 1.807) is 0 Å². The van der Waals surface area contributed by atoms with Crippen molar-refractivity contribution in [2.45, 2.75) is 19.3 Å². The van der Waals surface area contributed by atoms with Gasteiger partial charge in [0.25, 0.3) is 0 Å². The van der Waals surface area contributed by atoms with E-state index in [0.29, 0.717) is 0 Å². The summed E-state index contributed by atoms with van der Waals surface area (Å²) >= 11 is 0. The fourth-order valence-corrected chi connectivity index (χ4v) is 9.39. The van der Waals surface area contributed by atoms with Gasteiger partial charge in [0.05, 0.1) is 27.6 Å². The second-order valence-electron chi connectivity index (χ2n) is 14.9. The predicted molar refractivity (Wildman–Crippen MR) is 218 cm³/mol. The lowest BCUT2D eigenvalue weighted by molar-refractivity contribution is 0.661. The molecule has 0 saturated carbocycles. The normalized spacial score (nSPS) is 13.6. The topological polar surface area (TPSA) is 32.1 Å². The van der Waals surface area contributed by atoms with Crippen LogP contribution in [0.2, 0.25) is 0 Å². The maximum absolute atomic E-state index is 5.51. The van der Waals surface area contributed by atoms with E-state index in [-0.39, 0.29) is 5.41 Å². The van der Waals surface area contributed by atoms with Crippen molar-refractivity contribution in [3.63, 3.8) is 0 Å². The number of fused-ring (bicyclic) bond motifs is 13. The van der Waals surface area contributed by atoms with Crippen molar-refractivity contribution in [3.05, 3.63) is 175 Å². The van der Waals surface area contributed by atoms with Crippen molar-refractivity contribution in [1.29, 1.82) is 0 Å². The summed E-state index contributed by atoms with van der Waals surface area (Å²) in [6.07, 6.45) is 0. The Bertz CT molecular complexity index is 3300. The van der Waals surface area contributed by atoms with Gasteiger partial charge in [-0.2, -0.15) is 4.98 Å². The van der Waals surface area contributed by atoms with Crippen molar-refractivity contribution in [2.24, 2.45) is 0 Å². The zero-order chi connectivity index (χ0) is 35.0. The molecular formula is C48H33N5. The van der Waals surface area contributed by atoms with E-state index in [2.05, 4.69) is 196 Å². The van der Waals surface area contributed by atoms with Crippen molar-refractivity contribution >= 4 is 60.7 Å². The van der Waals surface area contributed by atoms with Crippen LogP contribution in [0, 0.1) is 0 Å². The van der Waals surface area contributed by atoms with E-state index in [9.17, 15) is 0 Å². The highest BCUT2D eigenvalue weighted by Gasteiger charge is 2.36. The van der Waals surface area contributed by atoms with Gasteiger partial charge >= 0.3 is 0 Å². The lowest BCUT2D eigenvalue weighted by Crippen LogP contribution is -2.14. The summed E-state index contributed by atoms with van der Waals surface area (Å²) in [4.78, 5) is 5.51. The fourth-order valence-electron chi connectivity index (χ4n) is 9.39. The predicted octanol–water partition coefficient (Wildman–Crippen LogP) is 11.8. The van der Waals surface area contributed by atoms with E-state index in [1.165, 1.54) is 49.4 Å². The standard InChI is InChI=1S/C48H33N5/c1-48(2)38-21-11-9-19-33(38)35-28-37-36-27-32(25-26-41(36)50(44(37)29-39(35)48)30-15-5-3-6-16-30)51-40-22-12-10-20-34(40)45-46(51)49-47-52(31-17-7-4-8-18-31)42-23-13-14-24-43(42)53(45)47/h3-29H,1-2H3. The van der Waals surface area contributed by atoms with Crippen molar-refractivity contribution in [3.8, 4) is 28.2 Å². The highest BCUT2D eigenvalue weighted by molar-refractivity contribution is 6.14. The van der Waals surface area contributed by atoms with E-state index < -0.39 is 0 Å². The molecule has 0 atom stereocenters. The Kier molecular flexibility index (Phi) is 5.51. The van der Waals surface area contributed by atoms with Crippen LogP contribution in [0.1, 0.15) is 25.0 Å². The summed E-state index contributed by atoms with van der Waals surface area (Å²) in [5, 5.41) is 3.65. The number of hydrogen-bond donors (Lipinski definition) is 0. The number of aromatic nitrogens is 5. The largest absolute Gasteiger partial charge is 0.309 e. The highest BCUT2D eigenvalue weighted by atomic mass is 15.2. The monoisotopic (exact) mass is 679 g/mol. The first kappa shape index (κ1) is 28.8. The van der Waals surface area contributed by atoms with Crippen LogP contribution in [0.4, 0.5) is 0 Å². The first-order chi connectivity index (χ1) is 26.1. The van der Waals surface area contributed by atoms with Crippen LogP contribution in [-0.2, 0) is 5.41 Å². The number of nitrogens with zero attached hydrogens (tertiary/aromatic N) is 5. The van der Waals surface area contributed by atoms with Crippen LogP contribution in [0.15, 0.2) is 164 Å². The fraction of sp³-hybridized carbons (Fsp3) is 0.0625. The molecule has 1 aliphatic carbocycles. The van der Waals surface area contributed by atoms with E-state index in [0.717, 1.165) is 50.6 Å². The second-order valence-corrected chi connectivity index (χ2v) is 14.9. The van der Waals surface area contributed by atoms with Crippen LogP contribution >= 0.6 is 0 Å². The quantitative estimate of drug-likeness (QED) is 0.183. The maximum Gasteiger partial charge on any atom is 0.222 e. The van der Waals surface area contributed by atoms with Gasteiger partial charge in [-0.1, -0.05) is 105 Å². The Morgan fingerprint density at radius 2 is 1.04 bits per heavy atom. The van der Waals surface area contributed by atoms with E-state index >= 15 is 0 Å². The van der Waals surface area contributed by atoms with Gasteiger partial charge < -0.3 is 4.57 Å². The zero-order valence-corrected chi connectivity index (χ0v) is 29.3. The molecule has 11 aromatic rings. The molecular weight excluding hydrogens is 647 g/mol. The van der Waals surface area contributed by atoms with Crippen LogP contribution in [0.5, 0.6) is 0 Å². The van der Waals surface area contributed by atoms with Crippen molar-refractivity contribution in [2.75, 3.05) is 0 Å². The molecule has 5 heteroatoms. The second kappa shape index (κ2) is 10.1. The van der Waals surface area contributed by atoms with Crippen LogP contribution in [0.3, 0.4) is 0 Å². The molecule has 0 unspecified atom stereocenters. The third kappa shape index (κ3) is 3.68. The molecule has 12 rings (SSSR count). The molecule has 0 amide bonds. The summed E-state index contributed by atoms with van der Waals surface area (Å²) in [5.41, 5.74) is 16.6. The summed E-state index contributed by atoms with van der Waals surface area (Å²) < 4.78 is 9.43. The molecule has 4 heterocycles. The molecule has 5 nitrogen and oxygen atoms in total. The Morgan fingerprint density at radius 3 is 1.83 bits per heavy atom. The Balaban J connectivity index is 1.19. The van der Waals surface area contributed by atoms with E-state index in [4.69, 9.17) is 4.98 Å². The minimum Gasteiger partial charge on any atom is -0.309 e. The minimum atomic E-state index is -0.0906. The molecule has 0 spiro atoms. The molecule has 0 N–H and O–H groups in total. The molecule has 1 aliphatic rings. The Morgan fingerprint density at radius 1 is 0.415 bits per heavy atom. The van der Waals surface area contributed by atoms with Crippen molar-refractivity contribution < 1.29 is 0 Å². The van der Waals surface area contributed by atoms with Crippen molar-refractivity contribution in [1.82, 2.24) is 23.1 Å². The van der Waals surface area contributed by atoms with Gasteiger partial charge in [0.15, 0.2) is 5.65 Å². The lowest BCUT2D eigenvalue weighted by atomic mass is 9.82. The van der Waals surface area contributed by atoms with E-state index in [1.807, 2.05) is 0 Å². The van der Waals surface area contributed by atoms with Gasteiger partial charge in [0.2, 0.25) is 5.78 Å². The molecule has 0 saturated heterocycles. The molecule has 0 radical (unpaired) electrons. The Labute approximate surface area is 305 Å². The molecule has 0 aliphatic heterocycles. The maximum atomic E-state index is 5.51. The number of hydrogen-bond acceptors (Lipinski definition) is 1. The van der Waals surface area contributed by atoms with Gasteiger partial charge in [-0.05, 0) is 95.1 Å². The summed E-state index contributed by atoms with van der Waals surface area (Å²) in [6.45, 7) is 4.72. The molecule has 7 aromatic carbocycles. The number of imidazole rings is 2. The van der Waals surface area contributed by atoms with Gasteiger partial charge in [-0.3, -0.25) is 13.5 Å². The summed E-state index contributed by atoms with van der Waals surface area (Å²) in [5.74, 6) is 0.903. The first-order valence-corrected chi connectivity index (χ1v) is 18.3. The number of para-hydroxylation sites is 5. The SMILES string of the molecule is CC1(C)c2ccccc2-c2cc3c4cc(-n5c6ccccc6c6c5nc5n(-c7ccccc7)c7ccccc7n65)ccc4n(-c4ccccc4)c3cc21. The Hall–Kier alpha value is -6.85. The van der Waals surface area contributed by atoms with Crippen LogP contribution in [0.25, 0.3) is 88.9 Å². The summed E-state index contributed by atoms with van der Waals surface area (Å²) in [7, 11) is 0. The first-order valence-electron chi connectivity index (χ1n) is 18.3. The number of rotatable bonds is 3. The smallest absolute Gasteiger partial charge is 0.222 e. The number of benzene rings is 7. The average molecular weight is 680 g/mol. The van der Waals surface area contributed by atoms with Gasteiger partial charge in [-0.25, -0.2) is 0 Å². The molecule has 4 aromatic heterocycles. The lowest BCUT2D eigenvalue weighted by Gasteiger charge is -2.21.